The Morgan fingerprint density at radius 3 is 2.33 bits per heavy atom. The van der Waals surface area contributed by atoms with E-state index >= 15 is 0 Å². The first-order valence-electron chi connectivity index (χ1n) is 11.6. The average Bonchev–Trinajstić information content (AvgIpc) is 2.84. The molecule has 3 rings (SSSR count). The molecule has 2 aromatic carbocycles. The molecule has 182 valence electrons. The van der Waals surface area contributed by atoms with Gasteiger partial charge >= 0.3 is 0 Å². The lowest BCUT2D eigenvalue weighted by Gasteiger charge is -2.38. The van der Waals surface area contributed by atoms with Crippen LogP contribution in [0.4, 0.5) is 0 Å². The standard InChI is InChI=1S/C26H37N3O3.HI/c1-5-31-23-13-12-21(18-24(23)32-6-2)20(3)29-25(27-4)28-19-26(14-16-30-17-15-26)22-10-8-7-9-11-22;/h7-13,18,20H,5-6,14-17,19H2,1-4H3,(H2,27,28,29);1H. The highest BCUT2D eigenvalue weighted by molar-refractivity contribution is 14.0. The van der Waals surface area contributed by atoms with Crippen molar-refractivity contribution in [3.63, 3.8) is 0 Å². The molecule has 6 nitrogen and oxygen atoms in total. The first kappa shape index (κ1) is 27.2. The molecule has 0 saturated carbocycles. The smallest absolute Gasteiger partial charge is 0.191 e. The highest BCUT2D eigenvalue weighted by Crippen LogP contribution is 2.34. The quantitative estimate of drug-likeness (QED) is 0.252. The summed E-state index contributed by atoms with van der Waals surface area (Å²) in [4.78, 5) is 4.48. The van der Waals surface area contributed by atoms with Gasteiger partial charge in [-0.15, -0.1) is 24.0 Å². The molecule has 1 saturated heterocycles. The number of hydrogen-bond acceptors (Lipinski definition) is 4. The second kappa shape index (κ2) is 13.6. The lowest BCUT2D eigenvalue weighted by atomic mass is 9.74. The van der Waals surface area contributed by atoms with E-state index in [-0.39, 0.29) is 35.4 Å². The van der Waals surface area contributed by atoms with Gasteiger partial charge in [-0.2, -0.15) is 0 Å². The van der Waals surface area contributed by atoms with E-state index in [1.165, 1.54) is 5.56 Å². The van der Waals surface area contributed by atoms with Gasteiger partial charge in [-0.25, -0.2) is 0 Å². The molecule has 0 spiro atoms. The largest absolute Gasteiger partial charge is 0.490 e. The highest BCUT2D eigenvalue weighted by atomic mass is 127. The number of rotatable bonds is 9. The third kappa shape index (κ3) is 7.24. The second-order valence-corrected chi connectivity index (χ2v) is 8.12. The zero-order valence-corrected chi connectivity index (χ0v) is 22.6. The molecule has 0 aromatic heterocycles. The molecule has 0 aliphatic carbocycles. The Labute approximate surface area is 215 Å². The summed E-state index contributed by atoms with van der Waals surface area (Å²) in [6, 6.07) is 16.9. The number of halogens is 1. The number of benzene rings is 2. The van der Waals surface area contributed by atoms with Gasteiger partial charge in [0, 0.05) is 32.2 Å². The molecule has 1 unspecified atom stereocenters. The van der Waals surface area contributed by atoms with Crippen molar-refractivity contribution in [2.24, 2.45) is 4.99 Å². The summed E-state index contributed by atoms with van der Waals surface area (Å²) in [5, 5.41) is 7.10. The number of nitrogens with zero attached hydrogens (tertiary/aromatic N) is 1. The zero-order chi connectivity index (χ0) is 22.8. The highest BCUT2D eigenvalue weighted by Gasteiger charge is 2.34. The maximum absolute atomic E-state index is 5.79. The number of ether oxygens (including phenoxy) is 3. The minimum absolute atomic E-state index is 0. The van der Waals surface area contributed by atoms with E-state index in [1.54, 1.807) is 0 Å². The Kier molecular flexibility index (Phi) is 11.3. The Morgan fingerprint density at radius 2 is 1.70 bits per heavy atom. The van der Waals surface area contributed by atoms with Crippen molar-refractivity contribution in [2.45, 2.75) is 45.1 Å². The molecular weight excluding hydrogens is 529 g/mol. The monoisotopic (exact) mass is 567 g/mol. The Balaban J connectivity index is 0.00000385. The van der Waals surface area contributed by atoms with E-state index in [0.717, 1.165) is 55.6 Å². The molecule has 7 heteroatoms. The van der Waals surface area contributed by atoms with Crippen LogP contribution >= 0.6 is 24.0 Å². The number of nitrogens with one attached hydrogen (secondary N) is 2. The maximum Gasteiger partial charge on any atom is 0.191 e. The summed E-state index contributed by atoms with van der Waals surface area (Å²) >= 11 is 0. The van der Waals surface area contributed by atoms with Gasteiger partial charge < -0.3 is 24.8 Å². The molecule has 1 heterocycles. The van der Waals surface area contributed by atoms with E-state index in [4.69, 9.17) is 14.2 Å². The van der Waals surface area contributed by atoms with Gasteiger partial charge in [0.2, 0.25) is 0 Å². The van der Waals surface area contributed by atoms with Crippen LogP contribution in [0.25, 0.3) is 0 Å². The van der Waals surface area contributed by atoms with Crippen molar-refractivity contribution in [1.82, 2.24) is 10.6 Å². The lowest BCUT2D eigenvalue weighted by Crippen LogP contribution is -2.48. The Morgan fingerprint density at radius 1 is 1.03 bits per heavy atom. The van der Waals surface area contributed by atoms with E-state index in [9.17, 15) is 0 Å². The van der Waals surface area contributed by atoms with Gasteiger partial charge in [-0.05, 0) is 56.9 Å². The first-order valence-corrected chi connectivity index (χ1v) is 11.6. The Bertz CT molecular complexity index is 870. The fourth-order valence-electron chi connectivity index (χ4n) is 4.19. The summed E-state index contributed by atoms with van der Waals surface area (Å²) in [6.45, 7) is 9.66. The van der Waals surface area contributed by atoms with Crippen molar-refractivity contribution in [3.05, 3.63) is 59.7 Å². The van der Waals surface area contributed by atoms with Crippen LogP contribution < -0.4 is 20.1 Å². The number of aliphatic imine (C=N–C) groups is 1. The van der Waals surface area contributed by atoms with Gasteiger partial charge in [0.1, 0.15) is 0 Å². The fraction of sp³-hybridized carbons (Fsp3) is 0.500. The molecule has 1 aliphatic heterocycles. The normalized spacial score (nSPS) is 16.3. The minimum Gasteiger partial charge on any atom is -0.490 e. The van der Waals surface area contributed by atoms with Crippen LogP contribution in [0.3, 0.4) is 0 Å². The molecule has 0 radical (unpaired) electrons. The molecule has 2 aromatic rings. The molecule has 1 aliphatic rings. The van der Waals surface area contributed by atoms with Gasteiger partial charge in [-0.1, -0.05) is 36.4 Å². The predicted octanol–water partition coefficient (Wildman–Crippen LogP) is 5.08. The first-order chi connectivity index (χ1) is 15.6. The van der Waals surface area contributed by atoms with Crippen LogP contribution in [-0.2, 0) is 10.2 Å². The van der Waals surface area contributed by atoms with E-state index in [1.807, 2.05) is 33.0 Å². The molecule has 1 fully saturated rings. The van der Waals surface area contributed by atoms with E-state index in [0.29, 0.717) is 13.2 Å². The van der Waals surface area contributed by atoms with Gasteiger partial charge in [-0.3, -0.25) is 4.99 Å². The SMILES string of the molecule is CCOc1ccc(C(C)NC(=NC)NCC2(c3ccccc3)CCOCC2)cc1OCC.I. The second-order valence-electron chi connectivity index (χ2n) is 8.12. The van der Waals surface area contributed by atoms with Gasteiger partial charge in [0.15, 0.2) is 17.5 Å². The van der Waals surface area contributed by atoms with Crippen molar-refractivity contribution in [1.29, 1.82) is 0 Å². The van der Waals surface area contributed by atoms with Crippen LogP contribution in [0.5, 0.6) is 11.5 Å². The third-order valence-electron chi connectivity index (χ3n) is 6.07. The predicted molar refractivity (Wildman–Crippen MR) is 145 cm³/mol. The van der Waals surface area contributed by atoms with Crippen molar-refractivity contribution in [3.8, 4) is 11.5 Å². The van der Waals surface area contributed by atoms with Crippen molar-refractivity contribution < 1.29 is 14.2 Å². The topological polar surface area (TPSA) is 64.1 Å². The third-order valence-corrected chi connectivity index (χ3v) is 6.07. The van der Waals surface area contributed by atoms with Gasteiger partial charge in [0.25, 0.3) is 0 Å². The van der Waals surface area contributed by atoms with Crippen LogP contribution in [0.1, 0.15) is 50.8 Å². The van der Waals surface area contributed by atoms with E-state index < -0.39 is 0 Å². The summed E-state index contributed by atoms with van der Waals surface area (Å²) in [6.07, 6.45) is 1.99. The van der Waals surface area contributed by atoms with Crippen LogP contribution in [0.15, 0.2) is 53.5 Å². The molecule has 1 atom stereocenters. The lowest BCUT2D eigenvalue weighted by molar-refractivity contribution is 0.0513. The average molecular weight is 568 g/mol. The maximum atomic E-state index is 5.79. The molecule has 33 heavy (non-hydrogen) atoms. The summed E-state index contributed by atoms with van der Waals surface area (Å²) in [5.74, 6) is 2.33. The summed E-state index contributed by atoms with van der Waals surface area (Å²) < 4.78 is 17.1. The van der Waals surface area contributed by atoms with Crippen LogP contribution in [0.2, 0.25) is 0 Å². The minimum atomic E-state index is 0. The summed E-state index contributed by atoms with van der Waals surface area (Å²) in [7, 11) is 1.81. The van der Waals surface area contributed by atoms with Crippen LogP contribution in [-0.4, -0.2) is 46.0 Å². The van der Waals surface area contributed by atoms with E-state index in [2.05, 4.69) is 58.9 Å². The fourth-order valence-corrected chi connectivity index (χ4v) is 4.19. The molecular formula is C26H38IN3O3. The zero-order valence-electron chi connectivity index (χ0n) is 20.2. The van der Waals surface area contributed by atoms with Gasteiger partial charge in [0.05, 0.1) is 19.3 Å². The molecule has 0 amide bonds. The number of hydrogen-bond donors (Lipinski definition) is 2. The molecule has 0 bridgehead atoms. The van der Waals surface area contributed by atoms with Crippen molar-refractivity contribution >= 4 is 29.9 Å². The number of guanidine groups is 1. The summed E-state index contributed by atoms with van der Waals surface area (Å²) in [5.41, 5.74) is 2.51. The van der Waals surface area contributed by atoms with Crippen LogP contribution in [0, 0.1) is 0 Å². The van der Waals surface area contributed by atoms with Crippen molar-refractivity contribution in [2.75, 3.05) is 40.0 Å². The Hall–Kier alpha value is -2.00. The molecule has 2 N–H and O–H groups in total.